The van der Waals surface area contributed by atoms with Crippen LogP contribution in [0.25, 0.3) is 0 Å². The van der Waals surface area contributed by atoms with Gasteiger partial charge in [0.2, 0.25) is 0 Å². The van der Waals surface area contributed by atoms with Gasteiger partial charge in [-0.2, -0.15) is 0 Å². The highest BCUT2D eigenvalue weighted by Gasteiger charge is 2.16. The van der Waals surface area contributed by atoms with Crippen LogP contribution >= 0.6 is 0 Å². The summed E-state index contributed by atoms with van der Waals surface area (Å²) in [5.41, 5.74) is 0. The Bertz CT molecular complexity index is 2050. The van der Waals surface area contributed by atoms with Crippen LogP contribution in [0.1, 0.15) is 284 Å². The van der Waals surface area contributed by atoms with Crippen molar-refractivity contribution in [1.29, 1.82) is 0 Å². The third kappa shape index (κ3) is 73.0. The minimum absolute atomic E-state index is 0.0941. The molecule has 0 fully saturated rings. The molecule has 88 heavy (non-hydrogen) atoms. The zero-order valence-corrected chi connectivity index (χ0v) is 56.4. The van der Waals surface area contributed by atoms with Crippen molar-refractivity contribution in [2.24, 2.45) is 0 Å². The van der Waals surface area contributed by atoms with Gasteiger partial charge in [0.1, 0.15) is 6.61 Å². The largest absolute Gasteiger partial charge is 0.462 e. The van der Waals surface area contributed by atoms with Crippen LogP contribution in [-0.4, -0.2) is 36.4 Å². The normalized spacial score (nSPS) is 13.5. The lowest BCUT2D eigenvalue weighted by Crippen LogP contribution is -2.28. The molecule has 492 valence electrons. The maximum Gasteiger partial charge on any atom is 0.306 e. The second-order valence-corrected chi connectivity index (χ2v) is 22.8. The number of carbonyl (C=O) groups is 2. The summed E-state index contributed by atoms with van der Waals surface area (Å²) in [6.45, 7) is 3.88. The number of hydrogen-bond donors (Lipinski definition) is 1. The van der Waals surface area contributed by atoms with Crippen LogP contribution < -0.4 is 0 Å². The molecule has 1 N–H and O–H groups in total. The van der Waals surface area contributed by atoms with E-state index in [1.807, 2.05) is 0 Å². The highest BCUT2D eigenvalue weighted by Crippen LogP contribution is 2.16. The summed E-state index contributed by atoms with van der Waals surface area (Å²) in [6, 6.07) is 0. The lowest BCUT2D eigenvalue weighted by atomic mass is 10.0. The Kier molecular flexibility index (Phi) is 71.0. The molecule has 0 radical (unpaired) electrons. The number of ether oxygens (including phenoxy) is 2. The van der Waals surface area contributed by atoms with Crippen LogP contribution in [0, 0.1) is 0 Å². The van der Waals surface area contributed by atoms with Crippen LogP contribution in [0.2, 0.25) is 0 Å². The molecular formula is C83H130O5. The average Bonchev–Trinajstić information content (AvgIpc) is 3.56. The van der Waals surface area contributed by atoms with Crippen molar-refractivity contribution in [3.05, 3.63) is 207 Å². The summed E-state index contributed by atoms with van der Waals surface area (Å²) in [5, 5.41) is 9.70. The van der Waals surface area contributed by atoms with Gasteiger partial charge in [0, 0.05) is 12.8 Å². The quantitative estimate of drug-likeness (QED) is 0.0373. The van der Waals surface area contributed by atoms with E-state index >= 15 is 0 Å². The number of unbranched alkanes of at least 4 members (excludes halogenated alkanes) is 21. The Morgan fingerprint density at radius 3 is 0.705 bits per heavy atom. The SMILES string of the molecule is CC/C=C\C/C=C\C/C=C\C/C=C\C/C=C\C/C=C\C/C=C\C/C=C\C/C=C\C/C=C\CCCCC(=O)OC(CO)COC(=O)CCCCCCCCCCCCCCCCCCCCC/C=C\C/C=C\C/C=C\C/C=C\C/C=C\C/C=C\C/C=C\CC. The van der Waals surface area contributed by atoms with Gasteiger partial charge in [0.25, 0.3) is 0 Å². The second kappa shape index (κ2) is 75.7. The van der Waals surface area contributed by atoms with Gasteiger partial charge in [-0.25, -0.2) is 0 Å². The molecule has 1 unspecified atom stereocenters. The van der Waals surface area contributed by atoms with Gasteiger partial charge in [0.15, 0.2) is 6.10 Å². The Balaban J connectivity index is 3.59. The molecule has 0 aromatic heterocycles. The number of aliphatic hydroxyl groups excluding tert-OH is 1. The van der Waals surface area contributed by atoms with Gasteiger partial charge >= 0.3 is 11.9 Å². The van der Waals surface area contributed by atoms with E-state index in [2.05, 4.69) is 220 Å². The molecule has 1 atom stereocenters. The zero-order valence-electron chi connectivity index (χ0n) is 56.4. The number of rotatable bonds is 63. The molecule has 0 heterocycles. The lowest BCUT2D eigenvalue weighted by molar-refractivity contribution is -0.161. The van der Waals surface area contributed by atoms with E-state index < -0.39 is 6.10 Å². The summed E-state index contributed by atoms with van der Waals surface area (Å²) < 4.78 is 10.7. The zero-order chi connectivity index (χ0) is 63.3. The number of esters is 2. The molecule has 0 aliphatic heterocycles. The molecule has 0 amide bonds. The number of hydrogen-bond acceptors (Lipinski definition) is 5. The van der Waals surface area contributed by atoms with E-state index in [0.717, 1.165) is 141 Å². The van der Waals surface area contributed by atoms with E-state index in [-0.39, 0.29) is 31.6 Å². The third-order valence-electron chi connectivity index (χ3n) is 14.6. The van der Waals surface area contributed by atoms with Gasteiger partial charge in [0.05, 0.1) is 6.61 Å². The Morgan fingerprint density at radius 1 is 0.261 bits per heavy atom. The van der Waals surface area contributed by atoms with Crippen LogP contribution in [-0.2, 0) is 19.1 Å². The van der Waals surface area contributed by atoms with Gasteiger partial charge < -0.3 is 14.6 Å². The summed E-state index contributed by atoms with van der Waals surface area (Å²) in [6.07, 6.45) is 121. The average molecular weight is 1210 g/mol. The third-order valence-corrected chi connectivity index (χ3v) is 14.6. The van der Waals surface area contributed by atoms with Gasteiger partial charge in [-0.05, 0) is 148 Å². The molecule has 0 spiro atoms. The molecule has 0 aliphatic carbocycles. The van der Waals surface area contributed by atoms with E-state index in [1.165, 1.54) is 109 Å². The Labute approximate surface area is 542 Å². The maximum atomic E-state index is 12.3. The molecule has 0 aromatic carbocycles. The second-order valence-electron chi connectivity index (χ2n) is 22.8. The van der Waals surface area contributed by atoms with Crippen molar-refractivity contribution in [2.45, 2.75) is 290 Å². The van der Waals surface area contributed by atoms with E-state index in [0.29, 0.717) is 12.8 Å². The summed E-state index contributed by atoms with van der Waals surface area (Å²) in [7, 11) is 0. The fraction of sp³-hybridized carbons (Fsp3) is 0.566. The molecule has 0 saturated heterocycles. The minimum atomic E-state index is -0.811. The van der Waals surface area contributed by atoms with Crippen molar-refractivity contribution in [3.63, 3.8) is 0 Å². The standard InChI is InChI=1S/C83H130O5/c1-3-5-7-9-11-13-15-17-19-21-23-25-27-29-31-33-35-37-38-39-40-41-42-43-44-46-47-49-51-53-55-57-59-61-63-65-67-69-71-73-75-77-82(85)87-80-81(79-84)88-83(86)78-76-74-72-70-68-66-64-62-60-58-56-54-52-50-48-45-36-34-32-30-28-26-24-22-20-18-16-14-12-10-8-6-4-2/h5-8,11-14,17-20,23-26,29-32,35-37,39-40,45,50,52,56,58,62,64,68,70,81,84H,3-4,9-10,15-16,21-22,27-28,33-34,38,41-44,46-49,51,53-55,57,59-61,63,65-67,69,71-80H2,1-2H3/b7-5-,8-6-,13-11-,14-12-,19-17-,20-18-,25-23-,26-24-,31-29-,32-30-,37-35-,40-39-,45-36-,52-50-,58-56-,64-62-,70-68-. The van der Waals surface area contributed by atoms with Crippen molar-refractivity contribution in [3.8, 4) is 0 Å². The monoisotopic (exact) mass is 1210 g/mol. The highest BCUT2D eigenvalue weighted by molar-refractivity contribution is 5.70. The van der Waals surface area contributed by atoms with Gasteiger partial charge in [-0.1, -0.05) is 330 Å². The van der Waals surface area contributed by atoms with Crippen molar-refractivity contribution in [1.82, 2.24) is 0 Å². The first-order valence-corrected chi connectivity index (χ1v) is 35.6. The van der Waals surface area contributed by atoms with Gasteiger partial charge in [-0.3, -0.25) is 9.59 Å². The van der Waals surface area contributed by atoms with E-state index in [1.54, 1.807) is 0 Å². The molecule has 5 nitrogen and oxygen atoms in total. The first-order valence-electron chi connectivity index (χ1n) is 35.6. The minimum Gasteiger partial charge on any atom is -0.462 e. The Morgan fingerprint density at radius 2 is 0.455 bits per heavy atom. The molecule has 5 heteroatoms. The van der Waals surface area contributed by atoms with Gasteiger partial charge in [-0.15, -0.1) is 0 Å². The van der Waals surface area contributed by atoms with E-state index in [9.17, 15) is 14.7 Å². The van der Waals surface area contributed by atoms with Crippen LogP contribution in [0.3, 0.4) is 0 Å². The summed E-state index contributed by atoms with van der Waals surface area (Å²) in [4.78, 5) is 24.6. The first-order chi connectivity index (χ1) is 43.6. The predicted octanol–water partition coefficient (Wildman–Crippen LogP) is 25.3. The van der Waals surface area contributed by atoms with E-state index in [4.69, 9.17) is 9.47 Å². The molecule has 0 bridgehead atoms. The topological polar surface area (TPSA) is 72.8 Å². The lowest BCUT2D eigenvalue weighted by Gasteiger charge is -2.15. The highest BCUT2D eigenvalue weighted by atomic mass is 16.6. The van der Waals surface area contributed by atoms with Crippen LogP contribution in [0.15, 0.2) is 207 Å². The summed E-state index contributed by atoms with van der Waals surface area (Å²) in [5.74, 6) is -0.648. The fourth-order valence-electron chi connectivity index (χ4n) is 9.33. The smallest absolute Gasteiger partial charge is 0.306 e. The first kappa shape index (κ1) is 82.5. The number of aliphatic hydroxyl groups is 1. The maximum absolute atomic E-state index is 12.3. The molecule has 0 rings (SSSR count). The van der Waals surface area contributed by atoms with Crippen LogP contribution in [0.4, 0.5) is 0 Å². The predicted molar refractivity (Wildman–Crippen MR) is 389 cm³/mol. The molecule has 0 aliphatic rings. The fourth-order valence-corrected chi connectivity index (χ4v) is 9.33. The summed E-state index contributed by atoms with van der Waals surface area (Å²) >= 11 is 0. The molecular weight excluding hydrogens is 1080 g/mol. The van der Waals surface area contributed by atoms with Crippen molar-refractivity contribution < 1.29 is 24.2 Å². The molecule has 0 aromatic rings. The van der Waals surface area contributed by atoms with Crippen molar-refractivity contribution >= 4 is 11.9 Å². The number of allylic oxidation sites excluding steroid dienone is 34. The van der Waals surface area contributed by atoms with Crippen LogP contribution in [0.5, 0.6) is 0 Å². The number of carbonyl (C=O) groups excluding carboxylic acids is 2. The molecule has 0 saturated carbocycles. The Hall–Kier alpha value is -5.52. The van der Waals surface area contributed by atoms with Crippen molar-refractivity contribution in [2.75, 3.05) is 13.2 Å².